The first-order chi connectivity index (χ1) is 7.47. The minimum absolute atomic E-state index is 0.342. The Morgan fingerprint density at radius 2 is 1.94 bits per heavy atom. The van der Waals surface area contributed by atoms with Crippen LogP contribution < -0.4 is 0 Å². The third kappa shape index (κ3) is 2.26. The Kier molecular flexibility index (Phi) is 2.75. The number of rotatable bonds is 2. The van der Waals surface area contributed by atoms with Crippen LogP contribution in [0.15, 0.2) is 24.3 Å². The molecule has 1 aromatic rings. The van der Waals surface area contributed by atoms with Crippen LogP contribution in [0.1, 0.15) is 38.3 Å². The van der Waals surface area contributed by atoms with Gasteiger partial charge in [-0.2, -0.15) is 0 Å². The van der Waals surface area contributed by atoms with Gasteiger partial charge in [-0.15, -0.1) is 0 Å². The molecular formula is C14H20N2. The maximum absolute atomic E-state index is 8.12. The smallest absolute Gasteiger partial charge is 0.128 e. The van der Waals surface area contributed by atoms with E-state index in [0.29, 0.717) is 11.3 Å². The van der Waals surface area contributed by atoms with E-state index < -0.39 is 0 Å². The zero-order valence-corrected chi connectivity index (χ0v) is 10.4. The van der Waals surface area contributed by atoms with Gasteiger partial charge in [0.15, 0.2) is 0 Å². The highest BCUT2D eigenvalue weighted by atomic mass is 15.2. The van der Waals surface area contributed by atoms with Gasteiger partial charge in [-0.3, -0.25) is 5.41 Å². The molecule has 0 saturated heterocycles. The van der Waals surface area contributed by atoms with Gasteiger partial charge in [-0.05, 0) is 17.4 Å². The molecule has 2 nitrogen and oxygen atoms in total. The lowest BCUT2D eigenvalue weighted by Gasteiger charge is -2.24. The standard InChI is InChI=1S/C14H20N2/c1-14(2,3)8-9-16-10-11-6-4-5-7-12(11)13(16)15/h4-7,15H,8-10H2,1-3H3. The first kappa shape index (κ1) is 11.2. The number of amidine groups is 1. The van der Waals surface area contributed by atoms with Crippen LogP contribution in [0.3, 0.4) is 0 Å². The van der Waals surface area contributed by atoms with Crippen LogP contribution in [0.2, 0.25) is 0 Å². The fraction of sp³-hybridized carbons (Fsp3) is 0.500. The van der Waals surface area contributed by atoms with Gasteiger partial charge in [-0.1, -0.05) is 45.0 Å². The highest BCUT2D eigenvalue weighted by molar-refractivity contribution is 6.00. The molecule has 2 rings (SSSR count). The Hall–Kier alpha value is -1.31. The Bertz CT molecular complexity index is 401. The topological polar surface area (TPSA) is 27.1 Å². The first-order valence-electron chi connectivity index (χ1n) is 5.89. The molecule has 1 heterocycles. The van der Waals surface area contributed by atoms with Crippen molar-refractivity contribution in [3.63, 3.8) is 0 Å². The van der Waals surface area contributed by atoms with E-state index in [4.69, 9.17) is 5.41 Å². The quantitative estimate of drug-likeness (QED) is 0.807. The van der Waals surface area contributed by atoms with Crippen molar-refractivity contribution in [1.82, 2.24) is 4.90 Å². The molecule has 86 valence electrons. The molecule has 0 aliphatic carbocycles. The number of nitrogens with zero attached hydrogens (tertiary/aromatic N) is 1. The van der Waals surface area contributed by atoms with Crippen molar-refractivity contribution in [2.24, 2.45) is 5.41 Å². The van der Waals surface area contributed by atoms with Crippen LogP contribution in [0.4, 0.5) is 0 Å². The lowest BCUT2D eigenvalue weighted by molar-refractivity contribution is 0.307. The van der Waals surface area contributed by atoms with Gasteiger partial charge < -0.3 is 4.90 Å². The number of hydrogen-bond acceptors (Lipinski definition) is 1. The molecule has 16 heavy (non-hydrogen) atoms. The van der Waals surface area contributed by atoms with E-state index in [1.54, 1.807) is 0 Å². The molecule has 0 radical (unpaired) electrons. The van der Waals surface area contributed by atoms with E-state index in [-0.39, 0.29) is 0 Å². The number of hydrogen-bond donors (Lipinski definition) is 1. The van der Waals surface area contributed by atoms with Crippen LogP contribution in [0.5, 0.6) is 0 Å². The summed E-state index contributed by atoms with van der Waals surface area (Å²) in [7, 11) is 0. The fourth-order valence-corrected chi connectivity index (χ4v) is 2.01. The van der Waals surface area contributed by atoms with Crippen molar-refractivity contribution < 1.29 is 0 Å². The molecule has 0 aromatic heterocycles. The van der Waals surface area contributed by atoms with Crippen LogP contribution in [-0.4, -0.2) is 17.3 Å². The normalized spacial score (nSPS) is 15.4. The van der Waals surface area contributed by atoms with E-state index in [1.165, 1.54) is 5.56 Å². The monoisotopic (exact) mass is 216 g/mol. The van der Waals surface area contributed by atoms with Crippen LogP contribution in [-0.2, 0) is 6.54 Å². The lowest BCUT2D eigenvalue weighted by Crippen LogP contribution is -2.27. The molecule has 2 heteroatoms. The lowest BCUT2D eigenvalue weighted by atomic mass is 9.92. The third-order valence-electron chi connectivity index (χ3n) is 3.08. The Morgan fingerprint density at radius 3 is 2.56 bits per heavy atom. The summed E-state index contributed by atoms with van der Waals surface area (Å²) in [4.78, 5) is 2.18. The fourth-order valence-electron chi connectivity index (χ4n) is 2.01. The van der Waals surface area contributed by atoms with Gasteiger partial charge >= 0.3 is 0 Å². The van der Waals surface area contributed by atoms with E-state index in [1.807, 2.05) is 6.07 Å². The summed E-state index contributed by atoms with van der Waals surface area (Å²) in [5.41, 5.74) is 2.74. The van der Waals surface area contributed by atoms with Crippen LogP contribution >= 0.6 is 0 Å². The zero-order chi connectivity index (χ0) is 11.8. The maximum Gasteiger partial charge on any atom is 0.128 e. The third-order valence-corrected chi connectivity index (χ3v) is 3.08. The summed E-state index contributed by atoms with van der Waals surface area (Å²) in [5.74, 6) is 0.694. The van der Waals surface area contributed by atoms with E-state index in [9.17, 15) is 0 Å². The summed E-state index contributed by atoms with van der Waals surface area (Å²) in [5, 5.41) is 8.12. The molecular weight excluding hydrogens is 196 g/mol. The van der Waals surface area contributed by atoms with Crippen molar-refractivity contribution in [2.45, 2.75) is 33.7 Å². The van der Waals surface area contributed by atoms with Crippen molar-refractivity contribution in [3.8, 4) is 0 Å². The highest BCUT2D eigenvalue weighted by Gasteiger charge is 2.24. The summed E-state index contributed by atoms with van der Waals surface area (Å²) in [6.45, 7) is 8.64. The second-order valence-electron chi connectivity index (χ2n) is 5.74. The van der Waals surface area contributed by atoms with Gasteiger partial charge in [0.1, 0.15) is 5.84 Å². The summed E-state index contributed by atoms with van der Waals surface area (Å²) < 4.78 is 0. The van der Waals surface area contributed by atoms with Crippen molar-refractivity contribution in [3.05, 3.63) is 35.4 Å². The Labute approximate surface area is 97.8 Å². The Balaban J connectivity index is 2.05. The van der Waals surface area contributed by atoms with Crippen molar-refractivity contribution in [1.29, 1.82) is 5.41 Å². The van der Waals surface area contributed by atoms with Crippen LogP contribution in [0.25, 0.3) is 0 Å². The van der Waals surface area contributed by atoms with Gasteiger partial charge in [0.25, 0.3) is 0 Å². The minimum Gasteiger partial charge on any atom is -0.352 e. The highest BCUT2D eigenvalue weighted by Crippen LogP contribution is 2.25. The molecule has 0 bridgehead atoms. The molecule has 0 saturated carbocycles. The molecule has 1 aliphatic heterocycles. The van der Waals surface area contributed by atoms with Crippen molar-refractivity contribution in [2.75, 3.05) is 6.54 Å². The largest absolute Gasteiger partial charge is 0.352 e. The zero-order valence-electron chi connectivity index (χ0n) is 10.4. The predicted molar refractivity (Wildman–Crippen MR) is 67.8 cm³/mol. The SMILES string of the molecule is CC(C)(C)CCN1Cc2ccccc2C1=N. The molecule has 0 unspecified atom stereocenters. The van der Waals surface area contributed by atoms with E-state index >= 15 is 0 Å². The second-order valence-corrected chi connectivity index (χ2v) is 5.74. The van der Waals surface area contributed by atoms with Gasteiger partial charge in [-0.25, -0.2) is 0 Å². The molecule has 1 aromatic carbocycles. The maximum atomic E-state index is 8.12. The molecule has 0 spiro atoms. The summed E-state index contributed by atoms with van der Waals surface area (Å²) in [6.07, 6.45) is 1.13. The first-order valence-corrected chi connectivity index (χ1v) is 5.89. The number of fused-ring (bicyclic) bond motifs is 1. The van der Waals surface area contributed by atoms with E-state index in [2.05, 4.69) is 43.9 Å². The average Bonchev–Trinajstić information content (AvgIpc) is 2.53. The van der Waals surface area contributed by atoms with E-state index in [0.717, 1.165) is 25.1 Å². The number of benzene rings is 1. The second kappa shape index (κ2) is 3.93. The molecule has 0 atom stereocenters. The van der Waals surface area contributed by atoms with Gasteiger partial charge in [0, 0.05) is 18.7 Å². The molecule has 1 N–H and O–H groups in total. The Morgan fingerprint density at radius 1 is 1.25 bits per heavy atom. The minimum atomic E-state index is 0.342. The number of nitrogens with one attached hydrogen (secondary N) is 1. The summed E-state index contributed by atoms with van der Waals surface area (Å²) in [6, 6.07) is 8.25. The molecule has 0 amide bonds. The molecule has 0 fully saturated rings. The van der Waals surface area contributed by atoms with Crippen molar-refractivity contribution >= 4 is 5.84 Å². The van der Waals surface area contributed by atoms with Gasteiger partial charge in [0.05, 0.1) is 0 Å². The average molecular weight is 216 g/mol. The molecule has 1 aliphatic rings. The summed E-state index contributed by atoms with van der Waals surface area (Å²) >= 11 is 0. The van der Waals surface area contributed by atoms with Crippen LogP contribution in [0, 0.1) is 10.8 Å². The predicted octanol–water partition coefficient (Wildman–Crippen LogP) is 3.26. The van der Waals surface area contributed by atoms with Gasteiger partial charge in [0.2, 0.25) is 0 Å².